The summed E-state index contributed by atoms with van der Waals surface area (Å²) in [6.07, 6.45) is 6.37. The third kappa shape index (κ3) is 5.60. The van der Waals surface area contributed by atoms with Gasteiger partial charge in [0.15, 0.2) is 0 Å². The van der Waals surface area contributed by atoms with Gasteiger partial charge in [-0.25, -0.2) is 13.4 Å². The summed E-state index contributed by atoms with van der Waals surface area (Å²) in [6, 6.07) is 9.97. The average Bonchev–Trinajstić information content (AvgIpc) is 3.09. The Morgan fingerprint density at radius 2 is 1.70 bits per heavy atom. The van der Waals surface area contributed by atoms with Crippen molar-refractivity contribution in [2.75, 3.05) is 10.0 Å². The molecule has 3 rings (SSSR count). The van der Waals surface area contributed by atoms with Crippen LogP contribution in [0.2, 0.25) is 0 Å². The van der Waals surface area contributed by atoms with Crippen LogP contribution in [-0.2, 0) is 10.0 Å². The number of sulfonamides is 1. The molecule has 0 radical (unpaired) electrons. The Balaban J connectivity index is 1.65. The van der Waals surface area contributed by atoms with Gasteiger partial charge >= 0.3 is 0 Å². The molecule has 7 heteroatoms. The van der Waals surface area contributed by atoms with Crippen LogP contribution >= 0.6 is 0 Å². The second-order valence-corrected chi connectivity index (χ2v) is 9.59. The van der Waals surface area contributed by atoms with E-state index in [4.69, 9.17) is 4.74 Å². The minimum atomic E-state index is -3.69. The number of nitrogens with one attached hydrogen (secondary N) is 2. The molecule has 0 aliphatic heterocycles. The van der Waals surface area contributed by atoms with Crippen molar-refractivity contribution < 1.29 is 13.2 Å². The minimum Gasteiger partial charge on any atom is -0.490 e. The molecule has 0 unspecified atom stereocenters. The van der Waals surface area contributed by atoms with Gasteiger partial charge in [0.1, 0.15) is 11.6 Å². The van der Waals surface area contributed by atoms with Crippen molar-refractivity contribution in [3.05, 3.63) is 42.6 Å². The highest BCUT2D eigenvalue weighted by Crippen LogP contribution is 2.25. The molecule has 0 atom stereocenters. The predicted octanol–water partition coefficient (Wildman–Crippen LogP) is 4.41. The van der Waals surface area contributed by atoms with Crippen molar-refractivity contribution in [2.45, 2.75) is 63.0 Å². The van der Waals surface area contributed by atoms with Crippen LogP contribution in [0.1, 0.15) is 46.5 Å². The number of anilines is 2. The maximum atomic E-state index is 12.6. The quantitative estimate of drug-likeness (QED) is 0.765. The first-order chi connectivity index (χ1) is 12.7. The van der Waals surface area contributed by atoms with Gasteiger partial charge in [-0.3, -0.25) is 4.72 Å². The molecular formula is C20H27N3O3S. The Bertz CT molecular complexity index is 851. The lowest BCUT2D eigenvalue weighted by molar-refractivity contribution is 0.210. The molecule has 6 nitrogen and oxygen atoms in total. The fourth-order valence-corrected chi connectivity index (χ4v) is 4.06. The minimum absolute atomic E-state index is 0.0922. The topological polar surface area (TPSA) is 80.3 Å². The van der Waals surface area contributed by atoms with Crippen LogP contribution in [0.3, 0.4) is 0 Å². The SMILES string of the molecule is CC(C)(C)Nc1ccc(NS(=O)(=O)c2ccc(OC3CCCC3)cc2)nc1. The van der Waals surface area contributed by atoms with Crippen LogP contribution in [-0.4, -0.2) is 25.0 Å². The van der Waals surface area contributed by atoms with Crippen LogP contribution < -0.4 is 14.8 Å². The van der Waals surface area contributed by atoms with Gasteiger partial charge in [-0.1, -0.05) is 0 Å². The Morgan fingerprint density at radius 3 is 2.26 bits per heavy atom. The van der Waals surface area contributed by atoms with Crippen LogP contribution in [0.25, 0.3) is 0 Å². The molecule has 2 aromatic rings. The summed E-state index contributed by atoms with van der Waals surface area (Å²) in [5.41, 5.74) is 0.740. The molecule has 1 fully saturated rings. The van der Waals surface area contributed by atoms with Crippen molar-refractivity contribution in [3.63, 3.8) is 0 Å². The molecule has 1 aliphatic rings. The number of aromatic nitrogens is 1. The molecule has 1 saturated carbocycles. The second kappa shape index (κ2) is 7.76. The largest absolute Gasteiger partial charge is 0.490 e. The molecule has 27 heavy (non-hydrogen) atoms. The molecule has 1 aliphatic carbocycles. The zero-order chi connectivity index (χ0) is 19.5. The molecule has 2 N–H and O–H groups in total. The van der Waals surface area contributed by atoms with E-state index in [1.807, 2.05) is 20.8 Å². The summed E-state index contributed by atoms with van der Waals surface area (Å²) in [4.78, 5) is 4.36. The summed E-state index contributed by atoms with van der Waals surface area (Å²) in [5, 5.41) is 3.28. The molecule has 0 bridgehead atoms. The second-order valence-electron chi connectivity index (χ2n) is 7.91. The van der Waals surface area contributed by atoms with E-state index in [9.17, 15) is 8.42 Å². The Kier molecular flexibility index (Phi) is 5.60. The van der Waals surface area contributed by atoms with E-state index in [1.165, 1.54) is 12.8 Å². The van der Waals surface area contributed by atoms with Crippen molar-refractivity contribution >= 4 is 21.5 Å². The van der Waals surface area contributed by atoms with Crippen LogP contribution in [0, 0.1) is 0 Å². The number of benzene rings is 1. The van der Waals surface area contributed by atoms with Gasteiger partial charge in [0, 0.05) is 5.54 Å². The molecule has 1 aromatic heterocycles. The highest BCUT2D eigenvalue weighted by atomic mass is 32.2. The number of hydrogen-bond donors (Lipinski definition) is 2. The van der Waals surface area contributed by atoms with E-state index in [0.29, 0.717) is 5.75 Å². The molecule has 0 saturated heterocycles. The fraction of sp³-hybridized carbons (Fsp3) is 0.450. The molecule has 0 spiro atoms. The zero-order valence-corrected chi connectivity index (χ0v) is 16.8. The van der Waals surface area contributed by atoms with Gasteiger partial charge in [-0.15, -0.1) is 0 Å². The van der Waals surface area contributed by atoms with Gasteiger partial charge in [0.25, 0.3) is 10.0 Å². The number of ether oxygens (including phenoxy) is 1. The van der Waals surface area contributed by atoms with E-state index in [1.54, 1.807) is 42.6 Å². The van der Waals surface area contributed by atoms with Crippen LogP contribution in [0.4, 0.5) is 11.5 Å². The first-order valence-electron chi connectivity index (χ1n) is 9.25. The lowest BCUT2D eigenvalue weighted by atomic mass is 10.1. The predicted molar refractivity (Wildman–Crippen MR) is 108 cm³/mol. The van der Waals surface area contributed by atoms with Crippen LogP contribution in [0.5, 0.6) is 5.75 Å². The number of pyridine rings is 1. The Morgan fingerprint density at radius 1 is 1.04 bits per heavy atom. The van der Waals surface area contributed by atoms with Crippen LogP contribution in [0.15, 0.2) is 47.5 Å². The zero-order valence-electron chi connectivity index (χ0n) is 16.0. The normalized spacial score (nSPS) is 15.5. The monoisotopic (exact) mass is 389 g/mol. The highest BCUT2D eigenvalue weighted by molar-refractivity contribution is 7.92. The van der Waals surface area contributed by atoms with Gasteiger partial charge in [0.2, 0.25) is 0 Å². The van der Waals surface area contributed by atoms with Crippen molar-refractivity contribution in [3.8, 4) is 5.75 Å². The number of nitrogens with zero attached hydrogens (tertiary/aromatic N) is 1. The molecule has 1 heterocycles. The first-order valence-corrected chi connectivity index (χ1v) is 10.7. The van der Waals surface area contributed by atoms with Gasteiger partial charge in [-0.2, -0.15) is 0 Å². The molecule has 1 aromatic carbocycles. The summed E-state index contributed by atoms with van der Waals surface area (Å²) < 4.78 is 33.5. The highest BCUT2D eigenvalue weighted by Gasteiger charge is 2.18. The maximum absolute atomic E-state index is 12.6. The fourth-order valence-electron chi connectivity index (χ4n) is 3.05. The molecule has 0 amide bonds. The third-order valence-corrected chi connectivity index (χ3v) is 5.63. The molecule has 146 valence electrons. The Labute approximate surface area is 161 Å². The lowest BCUT2D eigenvalue weighted by Crippen LogP contribution is -2.26. The average molecular weight is 390 g/mol. The smallest absolute Gasteiger partial charge is 0.263 e. The first kappa shape index (κ1) is 19.5. The van der Waals surface area contributed by atoms with E-state index in [2.05, 4.69) is 15.0 Å². The van der Waals surface area contributed by atoms with Crippen molar-refractivity contribution in [2.24, 2.45) is 0 Å². The van der Waals surface area contributed by atoms with Crippen molar-refractivity contribution in [1.29, 1.82) is 0 Å². The van der Waals surface area contributed by atoms with Gasteiger partial charge in [0.05, 0.1) is 22.9 Å². The van der Waals surface area contributed by atoms with E-state index >= 15 is 0 Å². The number of rotatable bonds is 6. The maximum Gasteiger partial charge on any atom is 0.263 e. The summed E-state index contributed by atoms with van der Waals surface area (Å²) >= 11 is 0. The third-order valence-electron chi connectivity index (χ3n) is 4.26. The van der Waals surface area contributed by atoms with E-state index in [0.717, 1.165) is 18.5 Å². The number of hydrogen-bond acceptors (Lipinski definition) is 5. The summed E-state index contributed by atoms with van der Waals surface area (Å²) in [7, 11) is -3.69. The van der Waals surface area contributed by atoms with E-state index in [-0.39, 0.29) is 22.4 Å². The standard InChI is InChI=1S/C20H27N3O3S/c1-20(2,3)22-15-8-13-19(21-14-15)23-27(24,25)18-11-9-17(10-12-18)26-16-6-4-5-7-16/h8-14,16,22H,4-7H2,1-3H3,(H,21,23). The van der Waals surface area contributed by atoms with E-state index < -0.39 is 10.0 Å². The lowest BCUT2D eigenvalue weighted by Gasteiger charge is -2.21. The van der Waals surface area contributed by atoms with Gasteiger partial charge < -0.3 is 10.1 Å². The van der Waals surface area contributed by atoms with Gasteiger partial charge in [-0.05, 0) is 82.9 Å². The summed E-state index contributed by atoms with van der Waals surface area (Å²) in [5.74, 6) is 0.984. The summed E-state index contributed by atoms with van der Waals surface area (Å²) in [6.45, 7) is 6.14. The van der Waals surface area contributed by atoms with Crippen molar-refractivity contribution in [1.82, 2.24) is 4.98 Å². The Hall–Kier alpha value is -2.28. The molecular weight excluding hydrogens is 362 g/mol.